The largest absolute Gasteiger partial charge is 0.490 e. The first-order valence-corrected chi connectivity index (χ1v) is 5.23. The Kier molecular flexibility index (Phi) is 2.95. The van der Waals surface area contributed by atoms with E-state index in [2.05, 4.69) is 5.32 Å². The predicted octanol–water partition coefficient (Wildman–Crippen LogP) is 0.818. The van der Waals surface area contributed by atoms with Gasteiger partial charge in [-0.15, -0.1) is 0 Å². The van der Waals surface area contributed by atoms with Crippen LogP contribution in [0.5, 0.6) is 5.75 Å². The minimum absolute atomic E-state index is 0.0306. The summed E-state index contributed by atoms with van der Waals surface area (Å²) in [5.74, 6) is 0.00329. The Labute approximate surface area is 97.7 Å². The Bertz CT molecular complexity index is 485. The SMILES string of the molecule is COc1ccc2c(c1[N+](=O)[O-])CC(=O)NCC2. The first kappa shape index (κ1) is 11.4. The maximum atomic E-state index is 11.4. The third-order valence-corrected chi connectivity index (χ3v) is 2.80. The number of hydrogen-bond donors (Lipinski definition) is 1. The molecule has 1 aromatic rings. The Morgan fingerprint density at radius 3 is 2.88 bits per heavy atom. The Morgan fingerprint density at radius 2 is 2.24 bits per heavy atom. The Balaban J connectivity index is 2.61. The van der Waals surface area contributed by atoms with Crippen molar-refractivity contribution in [3.05, 3.63) is 33.4 Å². The van der Waals surface area contributed by atoms with Crippen molar-refractivity contribution in [2.75, 3.05) is 13.7 Å². The van der Waals surface area contributed by atoms with Gasteiger partial charge in [0.05, 0.1) is 18.5 Å². The molecule has 0 unspecified atom stereocenters. The molecule has 1 heterocycles. The van der Waals surface area contributed by atoms with E-state index in [4.69, 9.17) is 4.74 Å². The van der Waals surface area contributed by atoms with Crippen molar-refractivity contribution in [3.8, 4) is 5.75 Å². The summed E-state index contributed by atoms with van der Waals surface area (Å²) in [6.07, 6.45) is 0.634. The zero-order chi connectivity index (χ0) is 12.4. The van der Waals surface area contributed by atoms with Gasteiger partial charge in [0.1, 0.15) is 0 Å². The monoisotopic (exact) mass is 236 g/mol. The summed E-state index contributed by atoms with van der Waals surface area (Å²) in [5, 5.41) is 13.8. The molecule has 90 valence electrons. The normalized spacial score (nSPS) is 14.5. The molecule has 0 bridgehead atoms. The van der Waals surface area contributed by atoms with E-state index < -0.39 is 4.92 Å². The van der Waals surface area contributed by atoms with Gasteiger partial charge in [0.15, 0.2) is 5.75 Å². The van der Waals surface area contributed by atoms with Crippen LogP contribution in [0.1, 0.15) is 11.1 Å². The summed E-state index contributed by atoms with van der Waals surface area (Å²) in [4.78, 5) is 22.0. The second-order valence-electron chi connectivity index (χ2n) is 3.79. The van der Waals surface area contributed by atoms with Crippen LogP contribution in [0.4, 0.5) is 5.69 Å². The maximum Gasteiger partial charge on any atom is 0.314 e. The highest BCUT2D eigenvalue weighted by molar-refractivity contribution is 5.81. The molecule has 1 amide bonds. The summed E-state index contributed by atoms with van der Waals surface area (Å²) in [7, 11) is 1.38. The lowest BCUT2D eigenvalue weighted by Crippen LogP contribution is -2.24. The number of benzene rings is 1. The average Bonchev–Trinajstić information content (AvgIpc) is 2.47. The lowest BCUT2D eigenvalue weighted by Gasteiger charge is -2.08. The second-order valence-corrected chi connectivity index (χ2v) is 3.79. The van der Waals surface area contributed by atoms with Gasteiger partial charge in [-0.3, -0.25) is 14.9 Å². The van der Waals surface area contributed by atoms with E-state index in [0.717, 1.165) is 5.56 Å². The first-order chi connectivity index (χ1) is 8.13. The fourth-order valence-corrected chi connectivity index (χ4v) is 2.01. The number of carbonyl (C=O) groups excluding carboxylic acids is 1. The van der Waals surface area contributed by atoms with Crippen LogP contribution in [0.15, 0.2) is 12.1 Å². The van der Waals surface area contributed by atoms with Crippen LogP contribution in [0.2, 0.25) is 0 Å². The summed E-state index contributed by atoms with van der Waals surface area (Å²) < 4.78 is 4.98. The van der Waals surface area contributed by atoms with Crippen molar-refractivity contribution in [2.24, 2.45) is 0 Å². The first-order valence-electron chi connectivity index (χ1n) is 5.23. The number of nitrogens with one attached hydrogen (secondary N) is 1. The number of methoxy groups -OCH3 is 1. The molecular weight excluding hydrogens is 224 g/mol. The van der Waals surface area contributed by atoms with Crippen molar-refractivity contribution < 1.29 is 14.5 Å². The van der Waals surface area contributed by atoms with Crippen LogP contribution in [0.25, 0.3) is 0 Å². The van der Waals surface area contributed by atoms with Gasteiger partial charge in [0.25, 0.3) is 0 Å². The Morgan fingerprint density at radius 1 is 1.47 bits per heavy atom. The number of hydrogen-bond acceptors (Lipinski definition) is 4. The molecule has 1 aliphatic heterocycles. The molecule has 6 heteroatoms. The molecule has 1 N–H and O–H groups in total. The van der Waals surface area contributed by atoms with Gasteiger partial charge in [-0.05, 0) is 18.1 Å². The van der Waals surface area contributed by atoms with Crippen LogP contribution in [-0.2, 0) is 17.6 Å². The summed E-state index contributed by atoms with van der Waals surface area (Å²) >= 11 is 0. The van der Waals surface area contributed by atoms with Gasteiger partial charge in [-0.1, -0.05) is 6.07 Å². The minimum atomic E-state index is -0.490. The zero-order valence-corrected chi connectivity index (χ0v) is 9.36. The van der Waals surface area contributed by atoms with Crippen molar-refractivity contribution in [1.82, 2.24) is 5.32 Å². The average molecular weight is 236 g/mol. The molecule has 0 saturated carbocycles. The molecule has 6 nitrogen and oxygen atoms in total. The molecule has 0 saturated heterocycles. The highest BCUT2D eigenvalue weighted by Gasteiger charge is 2.26. The smallest absolute Gasteiger partial charge is 0.314 e. The highest BCUT2D eigenvalue weighted by atomic mass is 16.6. The summed E-state index contributed by atoms with van der Waals surface area (Å²) in [5.41, 5.74) is 1.20. The van der Waals surface area contributed by atoms with Gasteiger partial charge in [0, 0.05) is 12.1 Å². The molecule has 17 heavy (non-hydrogen) atoms. The molecule has 0 aliphatic carbocycles. The van der Waals surface area contributed by atoms with Gasteiger partial charge in [0.2, 0.25) is 5.91 Å². The van der Waals surface area contributed by atoms with Crippen molar-refractivity contribution in [2.45, 2.75) is 12.8 Å². The standard InChI is InChI=1S/C11H12N2O4/c1-17-9-3-2-7-4-5-12-10(14)6-8(7)11(9)13(15)16/h2-3H,4-6H2,1H3,(H,12,14). The van der Waals surface area contributed by atoms with E-state index in [1.165, 1.54) is 7.11 Å². The van der Waals surface area contributed by atoms with Crippen LogP contribution < -0.4 is 10.1 Å². The van der Waals surface area contributed by atoms with Gasteiger partial charge >= 0.3 is 5.69 Å². The number of fused-ring (bicyclic) bond motifs is 1. The molecule has 0 fully saturated rings. The number of nitro groups is 1. The number of nitrogens with zero attached hydrogens (tertiary/aromatic N) is 1. The summed E-state index contributed by atoms with van der Waals surface area (Å²) in [6, 6.07) is 3.36. The fraction of sp³-hybridized carbons (Fsp3) is 0.364. The fourth-order valence-electron chi connectivity index (χ4n) is 2.01. The molecule has 0 spiro atoms. The van der Waals surface area contributed by atoms with Crippen molar-refractivity contribution >= 4 is 11.6 Å². The molecule has 0 radical (unpaired) electrons. The van der Waals surface area contributed by atoms with E-state index in [9.17, 15) is 14.9 Å². The lowest BCUT2D eigenvalue weighted by molar-refractivity contribution is -0.386. The van der Waals surface area contributed by atoms with Gasteiger partial charge in [-0.25, -0.2) is 0 Å². The van der Waals surface area contributed by atoms with Crippen LogP contribution in [0, 0.1) is 10.1 Å². The molecule has 1 aromatic carbocycles. The van der Waals surface area contributed by atoms with E-state index in [-0.39, 0.29) is 23.8 Å². The van der Waals surface area contributed by atoms with Gasteiger partial charge < -0.3 is 10.1 Å². The van der Waals surface area contributed by atoms with Crippen molar-refractivity contribution in [1.29, 1.82) is 0 Å². The molecule has 0 aromatic heterocycles. The predicted molar refractivity (Wildman–Crippen MR) is 60.1 cm³/mol. The quantitative estimate of drug-likeness (QED) is 0.608. The molecule has 0 atom stereocenters. The number of carbonyl (C=O) groups is 1. The minimum Gasteiger partial charge on any atom is -0.490 e. The van der Waals surface area contributed by atoms with E-state index >= 15 is 0 Å². The van der Waals surface area contributed by atoms with Crippen LogP contribution in [-0.4, -0.2) is 24.5 Å². The lowest BCUT2D eigenvalue weighted by atomic mass is 10.0. The maximum absolute atomic E-state index is 11.4. The zero-order valence-electron chi connectivity index (χ0n) is 9.36. The topological polar surface area (TPSA) is 81.5 Å². The van der Waals surface area contributed by atoms with E-state index in [0.29, 0.717) is 18.5 Å². The van der Waals surface area contributed by atoms with Crippen LogP contribution in [0.3, 0.4) is 0 Å². The molecule has 2 rings (SSSR count). The number of nitro benzene ring substituents is 1. The second kappa shape index (κ2) is 4.40. The highest BCUT2D eigenvalue weighted by Crippen LogP contribution is 2.34. The number of ether oxygens (including phenoxy) is 1. The number of rotatable bonds is 2. The molecular formula is C11H12N2O4. The third kappa shape index (κ3) is 2.06. The summed E-state index contributed by atoms with van der Waals surface area (Å²) in [6.45, 7) is 0.509. The third-order valence-electron chi connectivity index (χ3n) is 2.80. The Hall–Kier alpha value is -2.11. The molecule has 1 aliphatic rings. The number of amides is 1. The van der Waals surface area contributed by atoms with E-state index in [1.807, 2.05) is 0 Å². The van der Waals surface area contributed by atoms with Crippen molar-refractivity contribution in [3.63, 3.8) is 0 Å². The van der Waals surface area contributed by atoms with E-state index in [1.54, 1.807) is 12.1 Å². The van der Waals surface area contributed by atoms with Gasteiger partial charge in [-0.2, -0.15) is 0 Å². The van der Waals surface area contributed by atoms with Crippen LogP contribution >= 0.6 is 0 Å².